The molecule has 8 nitrogen and oxygen atoms in total. The standard InChI is InChI=1S/C20H13N3O5/c24-14-10-15(28-11-6-2-1-3-7-11)18(21-22-23-27)17-16(14)19(25)12-8-4-5-9-13(12)20(17)26/h1-10,24-26H. The summed E-state index contributed by atoms with van der Waals surface area (Å²) >= 11 is 0. The van der Waals surface area contributed by atoms with Crippen molar-refractivity contribution < 1.29 is 20.1 Å². The van der Waals surface area contributed by atoms with E-state index < -0.39 is 0 Å². The van der Waals surface area contributed by atoms with Crippen LogP contribution in [0.1, 0.15) is 0 Å². The molecule has 8 heteroatoms. The molecule has 0 radical (unpaired) electrons. The Morgan fingerprint density at radius 3 is 2.04 bits per heavy atom. The van der Waals surface area contributed by atoms with Crippen molar-refractivity contribution in [1.29, 1.82) is 0 Å². The topological polar surface area (TPSA) is 124 Å². The number of ether oxygens (including phenoxy) is 1. The van der Waals surface area contributed by atoms with Crippen LogP contribution in [0.25, 0.3) is 21.5 Å². The van der Waals surface area contributed by atoms with Crippen LogP contribution < -0.4 is 4.74 Å². The lowest BCUT2D eigenvalue weighted by Crippen LogP contribution is -1.89. The fraction of sp³-hybridized carbons (Fsp3) is 0. The molecule has 28 heavy (non-hydrogen) atoms. The van der Waals surface area contributed by atoms with Gasteiger partial charge in [0.2, 0.25) is 0 Å². The smallest absolute Gasteiger partial charge is 0.159 e. The van der Waals surface area contributed by atoms with Gasteiger partial charge < -0.3 is 20.1 Å². The van der Waals surface area contributed by atoms with Crippen molar-refractivity contribution in [1.82, 2.24) is 0 Å². The third-order valence-corrected chi connectivity index (χ3v) is 4.31. The maximum atomic E-state index is 10.8. The monoisotopic (exact) mass is 375 g/mol. The second-order valence-electron chi connectivity index (χ2n) is 5.92. The Bertz CT molecular complexity index is 1240. The average molecular weight is 375 g/mol. The van der Waals surface area contributed by atoms with E-state index in [2.05, 4.69) is 15.6 Å². The molecule has 0 heterocycles. The molecule has 4 rings (SSSR count). The zero-order valence-electron chi connectivity index (χ0n) is 14.3. The number of hydrogen-bond donors (Lipinski definition) is 3. The van der Waals surface area contributed by atoms with Crippen LogP contribution in [0.4, 0.5) is 5.69 Å². The van der Waals surface area contributed by atoms with E-state index in [0.29, 0.717) is 16.5 Å². The molecule has 0 saturated heterocycles. The van der Waals surface area contributed by atoms with Crippen molar-refractivity contribution >= 4 is 27.2 Å². The van der Waals surface area contributed by atoms with Crippen molar-refractivity contribution in [3.63, 3.8) is 0 Å². The van der Waals surface area contributed by atoms with Gasteiger partial charge in [-0.1, -0.05) is 42.5 Å². The summed E-state index contributed by atoms with van der Waals surface area (Å²) in [6.45, 7) is 0. The van der Waals surface area contributed by atoms with Crippen LogP contribution >= 0.6 is 0 Å². The number of para-hydroxylation sites is 1. The number of rotatable bonds is 4. The maximum Gasteiger partial charge on any atom is 0.159 e. The molecular weight excluding hydrogens is 362 g/mol. The molecule has 0 aliphatic rings. The second-order valence-corrected chi connectivity index (χ2v) is 5.92. The van der Waals surface area contributed by atoms with Crippen molar-refractivity contribution in [3.8, 4) is 28.7 Å². The molecule has 0 aliphatic heterocycles. The Morgan fingerprint density at radius 1 is 0.786 bits per heavy atom. The molecule has 0 amide bonds. The predicted molar refractivity (Wildman–Crippen MR) is 103 cm³/mol. The van der Waals surface area contributed by atoms with Crippen LogP contribution in [-0.2, 0) is 0 Å². The van der Waals surface area contributed by atoms with Gasteiger partial charge in [-0.25, -0.2) is 0 Å². The van der Waals surface area contributed by atoms with Crippen LogP contribution in [0, 0.1) is 4.91 Å². The zero-order chi connectivity index (χ0) is 19.7. The van der Waals surface area contributed by atoms with Crippen molar-refractivity contribution in [3.05, 3.63) is 65.6 Å². The number of phenolic OH excluding ortho intramolecular Hbond substituents is 3. The van der Waals surface area contributed by atoms with E-state index >= 15 is 0 Å². The molecule has 0 bridgehead atoms. The Morgan fingerprint density at radius 2 is 1.39 bits per heavy atom. The normalized spacial score (nSPS) is 11.3. The first-order valence-electron chi connectivity index (χ1n) is 8.20. The van der Waals surface area contributed by atoms with Crippen LogP contribution in [-0.4, -0.2) is 15.3 Å². The quantitative estimate of drug-likeness (QED) is 0.139. The van der Waals surface area contributed by atoms with Crippen LogP contribution in [0.3, 0.4) is 0 Å². The molecule has 0 atom stereocenters. The minimum atomic E-state index is -0.336. The van der Waals surface area contributed by atoms with Gasteiger partial charge >= 0.3 is 0 Å². The highest BCUT2D eigenvalue weighted by atomic mass is 16.5. The summed E-state index contributed by atoms with van der Waals surface area (Å²) in [5.74, 6) is -0.382. The fourth-order valence-electron chi connectivity index (χ4n) is 3.13. The summed E-state index contributed by atoms with van der Waals surface area (Å²) in [6, 6.07) is 16.5. The number of nitroso groups, excluding NO2 is 1. The van der Waals surface area contributed by atoms with Crippen LogP contribution in [0.5, 0.6) is 28.7 Å². The molecule has 3 N–H and O–H groups in total. The Kier molecular flexibility index (Phi) is 4.21. The molecule has 4 aromatic carbocycles. The number of aromatic hydroxyl groups is 3. The highest BCUT2D eigenvalue weighted by molar-refractivity contribution is 6.17. The number of fused-ring (bicyclic) bond motifs is 2. The molecule has 0 spiro atoms. The molecule has 0 saturated carbocycles. The second kappa shape index (κ2) is 6.84. The Balaban J connectivity index is 2.11. The number of hydrogen-bond acceptors (Lipinski definition) is 6. The lowest BCUT2D eigenvalue weighted by molar-refractivity contribution is 0.451. The SMILES string of the molecule is O=NN=Nc1c(Oc2ccccc2)cc(O)c2c(O)c3ccccc3c(O)c12. The Hall–Kier alpha value is -4.20. The van der Waals surface area contributed by atoms with Gasteiger partial charge in [0.25, 0.3) is 0 Å². The summed E-state index contributed by atoms with van der Waals surface area (Å²) in [7, 11) is 0. The summed E-state index contributed by atoms with van der Waals surface area (Å²) in [5.41, 5.74) is -0.0604. The summed E-state index contributed by atoms with van der Waals surface area (Å²) < 4.78 is 5.75. The van der Waals surface area contributed by atoms with Gasteiger partial charge in [0.15, 0.2) is 5.75 Å². The van der Waals surface area contributed by atoms with Gasteiger partial charge in [0, 0.05) is 16.8 Å². The summed E-state index contributed by atoms with van der Waals surface area (Å²) in [4.78, 5) is 10.5. The first kappa shape index (κ1) is 17.2. The molecule has 4 aromatic rings. The predicted octanol–water partition coefficient (Wildman–Crippen LogP) is 5.67. The minimum absolute atomic E-state index is 0.0190. The van der Waals surface area contributed by atoms with E-state index in [-0.39, 0.29) is 39.5 Å². The lowest BCUT2D eigenvalue weighted by atomic mass is 9.98. The van der Waals surface area contributed by atoms with E-state index in [0.717, 1.165) is 0 Å². The highest BCUT2D eigenvalue weighted by Gasteiger charge is 2.23. The van der Waals surface area contributed by atoms with Gasteiger partial charge in [-0.2, -0.15) is 0 Å². The maximum absolute atomic E-state index is 10.8. The van der Waals surface area contributed by atoms with Crippen molar-refractivity contribution in [2.24, 2.45) is 15.6 Å². The summed E-state index contributed by atoms with van der Waals surface area (Å²) in [6.07, 6.45) is 0. The van der Waals surface area contributed by atoms with Gasteiger partial charge in [0.05, 0.1) is 10.8 Å². The first-order valence-corrected chi connectivity index (χ1v) is 8.20. The van der Waals surface area contributed by atoms with Gasteiger partial charge in [-0.3, -0.25) is 0 Å². The Labute approximate surface area is 157 Å². The first-order chi connectivity index (χ1) is 13.6. The average Bonchev–Trinajstić information content (AvgIpc) is 2.72. The number of benzene rings is 4. The number of nitrogens with zero attached hydrogens (tertiary/aromatic N) is 3. The van der Waals surface area contributed by atoms with Gasteiger partial charge in [-0.05, 0) is 17.4 Å². The third-order valence-electron chi connectivity index (χ3n) is 4.31. The van der Waals surface area contributed by atoms with E-state index in [1.165, 1.54) is 6.07 Å². The molecule has 0 unspecified atom stereocenters. The van der Waals surface area contributed by atoms with E-state index in [1.807, 2.05) is 0 Å². The van der Waals surface area contributed by atoms with Crippen molar-refractivity contribution in [2.75, 3.05) is 0 Å². The minimum Gasteiger partial charge on any atom is -0.507 e. The van der Waals surface area contributed by atoms with Crippen molar-refractivity contribution in [2.45, 2.75) is 0 Å². The lowest BCUT2D eigenvalue weighted by Gasteiger charge is -2.15. The van der Waals surface area contributed by atoms with E-state index in [9.17, 15) is 20.2 Å². The van der Waals surface area contributed by atoms with E-state index in [4.69, 9.17) is 4.74 Å². The molecule has 0 aliphatic carbocycles. The zero-order valence-corrected chi connectivity index (χ0v) is 14.3. The highest BCUT2D eigenvalue weighted by Crippen LogP contribution is 2.52. The largest absolute Gasteiger partial charge is 0.507 e. The van der Waals surface area contributed by atoms with Gasteiger partial charge in [-0.15, -0.1) is 10.0 Å². The molecule has 0 aromatic heterocycles. The molecule has 138 valence electrons. The third kappa shape index (κ3) is 2.73. The van der Waals surface area contributed by atoms with Crippen LogP contribution in [0.15, 0.2) is 76.3 Å². The van der Waals surface area contributed by atoms with Crippen LogP contribution in [0.2, 0.25) is 0 Å². The fourth-order valence-corrected chi connectivity index (χ4v) is 3.13. The summed E-state index contributed by atoms with van der Waals surface area (Å²) in [5, 5.41) is 41.9. The molecule has 0 fully saturated rings. The van der Waals surface area contributed by atoms with E-state index in [1.54, 1.807) is 54.6 Å². The number of phenols is 3. The van der Waals surface area contributed by atoms with Gasteiger partial charge in [0.1, 0.15) is 34.0 Å². The molecular formula is C20H13N3O5.